The topological polar surface area (TPSA) is 59.4 Å². The Morgan fingerprint density at radius 2 is 1.65 bits per heavy atom. The van der Waals surface area contributed by atoms with Crippen LogP contribution in [0.15, 0.2) is 60.5 Å². The number of aliphatic hydroxyl groups is 1. The van der Waals surface area contributed by atoms with Gasteiger partial charge in [0.25, 0.3) is 0 Å². The molecule has 0 bridgehead atoms. The molecule has 0 fully saturated rings. The SMILES string of the molecule is CCC(CC)C(=O)/C=C(\O)C(CC)CC.Cc1c2c([c-]c3ccccc13)-c1nccc3cc(CC(C)(C)C)cc(c13)O2.[Ir]. The van der Waals surface area contributed by atoms with Crippen molar-refractivity contribution in [2.24, 2.45) is 17.3 Å². The molecule has 43 heavy (non-hydrogen) atoms. The number of rotatable bonds is 8. The quantitative estimate of drug-likeness (QED) is 0.0973. The first-order valence-corrected chi connectivity index (χ1v) is 15.5. The fraction of sp³-hybridized carbons (Fsp3) is 0.421. The molecule has 1 aromatic heterocycles. The van der Waals surface area contributed by atoms with Crippen molar-refractivity contribution in [3.05, 3.63) is 77.7 Å². The number of nitrogens with zero attached hydrogens (tertiary/aromatic N) is 1. The van der Waals surface area contributed by atoms with Gasteiger partial charge in [0.15, 0.2) is 5.78 Å². The third-order valence-corrected chi connectivity index (χ3v) is 8.31. The van der Waals surface area contributed by atoms with Crippen molar-refractivity contribution in [2.45, 2.75) is 87.5 Å². The molecule has 5 rings (SSSR count). The third-order valence-electron chi connectivity index (χ3n) is 8.31. The normalized spacial score (nSPS) is 12.5. The van der Waals surface area contributed by atoms with Crippen molar-refractivity contribution in [1.29, 1.82) is 0 Å². The number of benzene rings is 3. The minimum atomic E-state index is 0. The van der Waals surface area contributed by atoms with Crippen LogP contribution >= 0.6 is 0 Å². The van der Waals surface area contributed by atoms with Crippen LogP contribution in [0.2, 0.25) is 0 Å². The summed E-state index contributed by atoms with van der Waals surface area (Å²) in [5.74, 6) is 2.34. The summed E-state index contributed by atoms with van der Waals surface area (Å²) < 4.78 is 6.47. The minimum absolute atomic E-state index is 0. The largest absolute Gasteiger partial charge is 0.512 e. The van der Waals surface area contributed by atoms with Crippen molar-refractivity contribution in [1.82, 2.24) is 4.98 Å². The van der Waals surface area contributed by atoms with E-state index in [-0.39, 0.29) is 48.9 Å². The number of hydrogen-bond acceptors (Lipinski definition) is 4. The summed E-state index contributed by atoms with van der Waals surface area (Å²) in [5, 5.41) is 14.3. The van der Waals surface area contributed by atoms with Gasteiger partial charge in [-0.15, -0.1) is 17.5 Å². The van der Waals surface area contributed by atoms with Crippen LogP contribution in [-0.2, 0) is 31.3 Å². The van der Waals surface area contributed by atoms with E-state index in [0.29, 0.717) is 0 Å². The average Bonchev–Trinajstić information content (AvgIpc) is 2.94. The molecule has 3 aromatic carbocycles. The number of ketones is 1. The van der Waals surface area contributed by atoms with Gasteiger partial charge in [-0.2, -0.15) is 0 Å². The fourth-order valence-electron chi connectivity index (χ4n) is 5.93. The van der Waals surface area contributed by atoms with E-state index in [9.17, 15) is 9.90 Å². The van der Waals surface area contributed by atoms with Crippen molar-refractivity contribution in [2.75, 3.05) is 0 Å². The first-order valence-electron chi connectivity index (χ1n) is 15.5. The summed E-state index contributed by atoms with van der Waals surface area (Å²) in [7, 11) is 0. The zero-order valence-electron chi connectivity index (χ0n) is 26.9. The van der Waals surface area contributed by atoms with Gasteiger partial charge in [-0.25, -0.2) is 0 Å². The van der Waals surface area contributed by atoms with E-state index in [0.717, 1.165) is 71.2 Å². The molecule has 1 aliphatic heterocycles. The van der Waals surface area contributed by atoms with E-state index in [4.69, 9.17) is 9.72 Å². The fourth-order valence-corrected chi connectivity index (χ4v) is 5.93. The Morgan fingerprint density at radius 1 is 1.00 bits per heavy atom. The zero-order chi connectivity index (χ0) is 30.6. The van der Waals surface area contributed by atoms with Crippen LogP contribution in [-0.4, -0.2) is 15.9 Å². The molecule has 4 nitrogen and oxygen atoms in total. The van der Waals surface area contributed by atoms with Crippen LogP contribution in [0.5, 0.6) is 11.5 Å². The Bertz CT molecular complexity index is 1610. The van der Waals surface area contributed by atoms with Crippen LogP contribution in [0.3, 0.4) is 0 Å². The van der Waals surface area contributed by atoms with Crippen LogP contribution in [0.4, 0.5) is 0 Å². The van der Waals surface area contributed by atoms with Crippen molar-refractivity contribution < 1.29 is 34.7 Å². The maximum atomic E-state index is 11.7. The van der Waals surface area contributed by atoms with Gasteiger partial charge in [0, 0.05) is 55.3 Å². The molecule has 0 saturated carbocycles. The molecule has 2 heterocycles. The number of hydrogen-bond donors (Lipinski definition) is 1. The van der Waals surface area contributed by atoms with E-state index >= 15 is 0 Å². The summed E-state index contributed by atoms with van der Waals surface area (Å²) in [5.41, 5.74) is 4.61. The molecule has 5 heteroatoms. The zero-order valence-corrected chi connectivity index (χ0v) is 29.3. The number of aliphatic hydroxyl groups excluding tert-OH is 1. The van der Waals surface area contributed by atoms with Gasteiger partial charge in [0.05, 0.1) is 11.5 Å². The first kappa shape index (κ1) is 34.5. The second-order valence-electron chi connectivity index (χ2n) is 12.7. The Morgan fingerprint density at radius 3 is 2.28 bits per heavy atom. The van der Waals surface area contributed by atoms with E-state index in [1.807, 2.05) is 33.9 Å². The summed E-state index contributed by atoms with van der Waals surface area (Å²) >= 11 is 0. The maximum absolute atomic E-state index is 11.7. The van der Waals surface area contributed by atoms with E-state index in [1.54, 1.807) is 0 Å². The molecular weight excluding hydrogens is 711 g/mol. The van der Waals surface area contributed by atoms with Gasteiger partial charge in [0.1, 0.15) is 5.75 Å². The molecule has 0 unspecified atom stereocenters. The van der Waals surface area contributed by atoms with Crippen LogP contribution < -0.4 is 4.74 Å². The molecule has 231 valence electrons. The van der Waals surface area contributed by atoms with Gasteiger partial charge >= 0.3 is 0 Å². The van der Waals surface area contributed by atoms with Gasteiger partial charge in [-0.1, -0.05) is 89.2 Å². The second kappa shape index (κ2) is 14.6. The summed E-state index contributed by atoms with van der Waals surface area (Å²) in [6.45, 7) is 17.0. The molecule has 0 spiro atoms. The van der Waals surface area contributed by atoms with Crippen LogP contribution in [0.1, 0.15) is 85.3 Å². The molecule has 0 aliphatic carbocycles. The summed E-state index contributed by atoms with van der Waals surface area (Å²) in [6.07, 6.45) is 7.81. The molecule has 1 N–H and O–H groups in total. The van der Waals surface area contributed by atoms with Crippen LogP contribution in [0.25, 0.3) is 32.8 Å². The Labute approximate surface area is 271 Å². The summed E-state index contributed by atoms with van der Waals surface area (Å²) in [6, 6.07) is 18.4. The molecule has 0 saturated heterocycles. The van der Waals surface area contributed by atoms with Gasteiger partial charge in [-0.3, -0.25) is 9.78 Å². The number of aromatic nitrogens is 1. The van der Waals surface area contributed by atoms with Gasteiger partial charge in [-0.05, 0) is 67.5 Å². The van der Waals surface area contributed by atoms with Crippen molar-refractivity contribution in [3.63, 3.8) is 0 Å². The number of fused-ring (bicyclic) bond motifs is 3. The minimum Gasteiger partial charge on any atom is -0.512 e. The van der Waals surface area contributed by atoms with Gasteiger partial charge < -0.3 is 9.84 Å². The number of allylic oxidation sites excluding steroid dienone is 2. The Hall–Kier alpha value is -3.01. The Kier molecular flexibility index (Phi) is 11.7. The number of carbonyl (C=O) groups excluding carboxylic acids is 1. The van der Waals surface area contributed by atoms with Crippen molar-refractivity contribution >= 4 is 27.3 Å². The Balaban J connectivity index is 0.000000274. The maximum Gasteiger partial charge on any atom is 0.162 e. The second-order valence-corrected chi connectivity index (χ2v) is 12.7. The number of ether oxygens (including phenoxy) is 1. The number of carbonyl (C=O) groups is 1. The molecule has 1 radical (unpaired) electrons. The molecular formula is C38H46IrNO3-. The summed E-state index contributed by atoms with van der Waals surface area (Å²) in [4.78, 5) is 16.4. The smallest absolute Gasteiger partial charge is 0.162 e. The van der Waals surface area contributed by atoms with Crippen LogP contribution in [0, 0.1) is 30.2 Å². The molecule has 1 aliphatic rings. The van der Waals surface area contributed by atoms with E-state index in [2.05, 4.69) is 76.2 Å². The van der Waals surface area contributed by atoms with E-state index in [1.165, 1.54) is 22.4 Å². The first-order chi connectivity index (χ1) is 20.0. The predicted molar refractivity (Wildman–Crippen MR) is 175 cm³/mol. The van der Waals surface area contributed by atoms with Crippen molar-refractivity contribution in [3.8, 4) is 22.8 Å². The number of pyridine rings is 1. The predicted octanol–water partition coefficient (Wildman–Crippen LogP) is 10.7. The molecule has 0 amide bonds. The molecule has 0 atom stereocenters. The standard InChI is InChI=1S/C25H22NO.C13H24O2.Ir/c1-15-19-8-6-5-7-17(19)13-20-23-22-18(9-10-26-23)11-16(14-25(2,3)4)12-21(22)27-24(15)20;1-5-10(6-2)12(14)9-13(15)11(7-3)8-4;/h5-12H,14H2,1-4H3;9-11,14H,5-8H2,1-4H3;/q-1;;/b;12-9-;. The monoisotopic (exact) mass is 757 g/mol. The number of aryl methyl sites for hydroxylation is 1. The molecule has 4 aromatic rings. The van der Waals surface area contributed by atoms with Gasteiger partial charge in [0.2, 0.25) is 0 Å². The average molecular weight is 757 g/mol. The van der Waals surface area contributed by atoms with E-state index < -0.39 is 0 Å². The third kappa shape index (κ3) is 7.75.